The zero-order valence-electron chi connectivity index (χ0n) is 14.5. The molecule has 2 N–H and O–H groups in total. The third kappa shape index (κ3) is 5.92. The van der Waals surface area contributed by atoms with Gasteiger partial charge in [0, 0.05) is 37.6 Å². The second-order valence-electron chi connectivity index (χ2n) is 5.73. The van der Waals surface area contributed by atoms with Crippen molar-refractivity contribution < 1.29 is 4.39 Å². The highest BCUT2D eigenvalue weighted by molar-refractivity contribution is 7.09. The first-order valence-corrected chi connectivity index (χ1v) is 9.07. The third-order valence-electron chi connectivity index (χ3n) is 3.74. The summed E-state index contributed by atoms with van der Waals surface area (Å²) >= 11 is 1.72. The molecule has 0 unspecified atom stereocenters. The number of hydrogen-bond donors (Lipinski definition) is 2. The fourth-order valence-electron chi connectivity index (χ4n) is 2.44. The minimum Gasteiger partial charge on any atom is -0.356 e. The van der Waals surface area contributed by atoms with E-state index in [0.717, 1.165) is 55.1 Å². The number of nitrogens with zero attached hydrogens (tertiary/aromatic N) is 2. The predicted octanol–water partition coefficient (Wildman–Crippen LogP) is 3.24. The number of aromatic nitrogens is 1. The van der Waals surface area contributed by atoms with Gasteiger partial charge in [-0.1, -0.05) is 6.07 Å². The fraction of sp³-hybridized carbons (Fsp3) is 0.444. The number of thiazole rings is 1. The average molecular weight is 348 g/mol. The molecule has 0 bridgehead atoms. The maximum Gasteiger partial charge on any atom is 0.190 e. The molecule has 2 aromatic rings. The minimum atomic E-state index is -0.183. The van der Waals surface area contributed by atoms with Crippen molar-refractivity contribution in [3.63, 3.8) is 0 Å². The smallest absolute Gasteiger partial charge is 0.190 e. The molecule has 0 aliphatic heterocycles. The van der Waals surface area contributed by atoms with E-state index in [4.69, 9.17) is 0 Å². The Balaban J connectivity index is 1.66. The maximum absolute atomic E-state index is 13.1. The number of nitrogens with one attached hydrogen (secondary N) is 2. The molecular formula is C18H25FN4S. The summed E-state index contributed by atoms with van der Waals surface area (Å²) in [4.78, 5) is 8.69. The van der Waals surface area contributed by atoms with Crippen molar-refractivity contribution in [2.24, 2.45) is 4.99 Å². The van der Waals surface area contributed by atoms with Crippen LogP contribution >= 0.6 is 11.3 Å². The summed E-state index contributed by atoms with van der Waals surface area (Å²) in [7, 11) is 1.77. The SMILES string of the molecule is CN=C(NCCCc1nc(C)cs1)NCCc1ccc(F)cc1C. The van der Waals surface area contributed by atoms with E-state index in [-0.39, 0.29) is 5.82 Å². The number of halogens is 1. The first kappa shape index (κ1) is 18.4. The molecule has 1 aromatic heterocycles. The molecule has 4 nitrogen and oxygen atoms in total. The highest BCUT2D eigenvalue weighted by Gasteiger charge is 2.02. The Hall–Kier alpha value is -1.95. The van der Waals surface area contributed by atoms with Crippen LogP contribution in [0.5, 0.6) is 0 Å². The van der Waals surface area contributed by atoms with E-state index in [9.17, 15) is 4.39 Å². The molecule has 0 saturated heterocycles. The highest BCUT2D eigenvalue weighted by atomic mass is 32.1. The number of benzene rings is 1. The van der Waals surface area contributed by atoms with Crippen LogP contribution < -0.4 is 10.6 Å². The normalized spacial score (nSPS) is 11.6. The lowest BCUT2D eigenvalue weighted by molar-refractivity contribution is 0.625. The molecule has 1 heterocycles. The van der Waals surface area contributed by atoms with Gasteiger partial charge in [0.15, 0.2) is 5.96 Å². The molecule has 6 heteroatoms. The van der Waals surface area contributed by atoms with Gasteiger partial charge in [-0.2, -0.15) is 0 Å². The summed E-state index contributed by atoms with van der Waals surface area (Å²) in [6.45, 7) is 5.57. The second-order valence-corrected chi connectivity index (χ2v) is 6.68. The van der Waals surface area contributed by atoms with Crippen LogP contribution in [0.15, 0.2) is 28.6 Å². The standard InChI is InChI=1S/C18H25FN4S/c1-13-11-16(19)7-6-15(13)8-10-22-18(20-3)21-9-4-5-17-23-14(2)12-24-17/h6-7,11-12H,4-5,8-10H2,1-3H3,(H2,20,21,22). The van der Waals surface area contributed by atoms with Crippen LogP contribution in [0.2, 0.25) is 0 Å². The Morgan fingerprint density at radius 1 is 1.21 bits per heavy atom. The van der Waals surface area contributed by atoms with E-state index in [1.165, 1.54) is 11.1 Å². The van der Waals surface area contributed by atoms with Crippen molar-refractivity contribution in [3.05, 3.63) is 51.2 Å². The summed E-state index contributed by atoms with van der Waals surface area (Å²) in [5, 5.41) is 9.88. The Kier molecular flexibility index (Phi) is 7.18. The number of rotatable bonds is 7. The summed E-state index contributed by atoms with van der Waals surface area (Å²) < 4.78 is 13.1. The van der Waals surface area contributed by atoms with Gasteiger partial charge >= 0.3 is 0 Å². The fourth-order valence-corrected chi connectivity index (χ4v) is 3.26. The molecular weight excluding hydrogens is 323 g/mol. The largest absolute Gasteiger partial charge is 0.356 e. The minimum absolute atomic E-state index is 0.183. The molecule has 0 aliphatic rings. The van der Waals surface area contributed by atoms with Crippen molar-refractivity contribution in [1.29, 1.82) is 0 Å². The van der Waals surface area contributed by atoms with E-state index in [0.29, 0.717) is 0 Å². The number of aliphatic imine (C=N–C) groups is 1. The topological polar surface area (TPSA) is 49.3 Å². The van der Waals surface area contributed by atoms with E-state index in [1.807, 2.05) is 19.9 Å². The Morgan fingerprint density at radius 2 is 2.00 bits per heavy atom. The van der Waals surface area contributed by atoms with Crippen molar-refractivity contribution in [2.45, 2.75) is 33.1 Å². The quantitative estimate of drug-likeness (QED) is 0.459. The predicted molar refractivity (Wildman–Crippen MR) is 99.4 cm³/mol. The number of hydrogen-bond acceptors (Lipinski definition) is 3. The van der Waals surface area contributed by atoms with E-state index in [1.54, 1.807) is 24.5 Å². The van der Waals surface area contributed by atoms with Crippen molar-refractivity contribution in [3.8, 4) is 0 Å². The summed E-state index contributed by atoms with van der Waals surface area (Å²) in [5.74, 6) is 0.613. The van der Waals surface area contributed by atoms with Crippen LogP contribution in [0.25, 0.3) is 0 Å². The molecule has 0 aliphatic carbocycles. The second kappa shape index (κ2) is 9.37. The summed E-state index contributed by atoms with van der Waals surface area (Å²) in [6.07, 6.45) is 2.84. The van der Waals surface area contributed by atoms with Gasteiger partial charge in [-0.25, -0.2) is 9.37 Å². The van der Waals surface area contributed by atoms with E-state index in [2.05, 4.69) is 26.0 Å². The lowest BCUT2D eigenvalue weighted by Gasteiger charge is -2.12. The molecule has 0 spiro atoms. The Morgan fingerprint density at radius 3 is 2.67 bits per heavy atom. The molecule has 24 heavy (non-hydrogen) atoms. The lowest BCUT2D eigenvalue weighted by Crippen LogP contribution is -2.38. The summed E-state index contributed by atoms with van der Waals surface area (Å²) in [5.41, 5.74) is 3.23. The van der Waals surface area contributed by atoms with Crippen molar-refractivity contribution in [1.82, 2.24) is 15.6 Å². The Labute approximate surface area is 147 Å². The molecule has 0 fully saturated rings. The van der Waals surface area contributed by atoms with Crippen LogP contribution in [-0.4, -0.2) is 31.1 Å². The maximum atomic E-state index is 13.1. The molecule has 2 rings (SSSR count). The van der Waals surface area contributed by atoms with Crippen molar-refractivity contribution in [2.75, 3.05) is 20.1 Å². The van der Waals surface area contributed by atoms with Crippen LogP contribution in [0.3, 0.4) is 0 Å². The van der Waals surface area contributed by atoms with Gasteiger partial charge in [0.05, 0.1) is 5.01 Å². The molecule has 130 valence electrons. The molecule has 0 saturated carbocycles. The molecule has 0 atom stereocenters. The Bertz CT molecular complexity index is 681. The molecule has 0 radical (unpaired) electrons. The van der Waals surface area contributed by atoms with Crippen LogP contribution in [0.4, 0.5) is 4.39 Å². The van der Waals surface area contributed by atoms with Gasteiger partial charge in [0.25, 0.3) is 0 Å². The van der Waals surface area contributed by atoms with Gasteiger partial charge < -0.3 is 10.6 Å². The highest BCUT2D eigenvalue weighted by Crippen LogP contribution is 2.11. The monoisotopic (exact) mass is 348 g/mol. The molecule has 0 amide bonds. The number of aryl methyl sites for hydroxylation is 3. The van der Waals surface area contributed by atoms with Gasteiger partial charge in [-0.3, -0.25) is 4.99 Å². The van der Waals surface area contributed by atoms with Gasteiger partial charge in [0.2, 0.25) is 0 Å². The van der Waals surface area contributed by atoms with Gasteiger partial charge in [-0.05, 0) is 49.9 Å². The van der Waals surface area contributed by atoms with Crippen LogP contribution in [-0.2, 0) is 12.8 Å². The summed E-state index contributed by atoms with van der Waals surface area (Å²) in [6, 6.07) is 4.93. The molecule has 1 aromatic carbocycles. The van der Waals surface area contributed by atoms with E-state index < -0.39 is 0 Å². The third-order valence-corrected chi connectivity index (χ3v) is 4.77. The van der Waals surface area contributed by atoms with Crippen LogP contribution in [0, 0.1) is 19.7 Å². The van der Waals surface area contributed by atoms with Crippen LogP contribution in [0.1, 0.15) is 28.2 Å². The van der Waals surface area contributed by atoms with Crippen molar-refractivity contribution >= 4 is 17.3 Å². The number of guanidine groups is 1. The lowest BCUT2D eigenvalue weighted by atomic mass is 10.1. The zero-order chi connectivity index (χ0) is 17.4. The first-order valence-electron chi connectivity index (χ1n) is 8.19. The van der Waals surface area contributed by atoms with E-state index >= 15 is 0 Å². The van der Waals surface area contributed by atoms with Gasteiger partial charge in [0.1, 0.15) is 5.82 Å². The zero-order valence-corrected chi connectivity index (χ0v) is 15.3. The van der Waals surface area contributed by atoms with Gasteiger partial charge in [-0.15, -0.1) is 11.3 Å². The average Bonchev–Trinajstić information content (AvgIpc) is 2.97. The first-order chi connectivity index (χ1) is 11.6.